The first-order valence-electron chi connectivity index (χ1n) is 6.63. The van der Waals surface area contributed by atoms with Gasteiger partial charge in [0.2, 0.25) is 0 Å². The Bertz CT molecular complexity index is 644. The number of methoxy groups -OCH3 is 2. The maximum atomic E-state index is 11.9. The van der Waals surface area contributed by atoms with Crippen molar-refractivity contribution >= 4 is 11.5 Å². The first-order valence-corrected chi connectivity index (χ1v) is 6.63. The molecule has 1 N–H and O–H groups in total. The monoisotopic (exact) mass is 275 g/mol. The molecule has 1 atom stereocenters. The second-order valence-electron chi connectivity index (χ2n) is 4.75. The number of nitrogens with one attached hydrogen (secondary N) is 1. The summed E-state index contributed by atoms with van der Waals surface area (Å²) in [7, 11) is 2.97. The molecule has 1 saturated heterocycles. The van der Waals surface area contributed by atoms with Crippen molar-refractivity contribution in [2.24, 2.45) is 0 Å². The van der Waals surface area contributed by atoms with Gasteiger partial charge in [-0.1, -0.05) is 6.07 Å². The molecular weight excluding hydrogens is 258 g/mol. The van der Waals surface area contributed by atoms with E-state index >= 15 is 0 Å². The predicted octanol–water partition coefficient (Wildman–Crippen LogP) is 1.55. The highest BCUT2D eigenvalue weighted by Gasteiger charge is 2.26. The average molecular weight is 275 g/mol. The summed E-state index contributed by atoms with van der Waals surface area (Å²) in [4.78, 5) is 16.4. The molecule has 106 valence electrons. The number of nitrogens with zero attached hydrogens (tertiary/aromatic N) is 2. The van der Waals surface area contributed by atoms with Crippen LogP contribution in [0.2, 0.25) is 0 Å². The Morgan fingerprint density at radius 3 is 2.95 bits per heavy atom. The SMILES string of the molecule is COC(=O)c1nc(C2CCCN2)n2c(OC)cccc12. The van der Waals surface area contributed by atoms with Crippen LogP contribution in [0.1, 0.15) is 35.2 Å². The highest BCUT2D eigenvalue weighted by molar-refractivity contribution is 5.95. The second-order valence-corrected chi connectivity index (χ2v) is 4.75. The van der Waals surface area contributed by atoms with Gasteiger partial charge in [-0.15, -0.1) is 0 Å². The number of aromatic nitrogens is 2. The molecule has 0 aromatic carbocycles. The van der Waals surface area contributed by atoms with E-state index in [2.05, 4.69) is 10.3 Å². The molecule has 3 rings (SSSR count). The molecule has 1 fully saturated rings. The van der Waals surface area contributed by atoms with Crippen molar-refractivity contribution in [3.8, 4) is 5.88 Å². The quantitative estimate of drug-likeness (QED) is 0.861. The van der Waals surface area contributed by atoms with Crippen LogP contribution in [0.5, 0.6) is 5.88 Å². The van der Waals surface area contributed by atoms with Gasteiger partial charge in [-0.25, -0.2) is 9.78 Å². The van der Waals surface area contributed by atoms with Gasteiger partial charge in [0.25, 0.3) is 0 Å². The Kier molecular flexibility index (Phi) is 3.31. The molecule has 0 radical (unpaired) electrons. The molecule has 2 aromatic rings. The summed E-state index contributed by atoms with van der Waals surface area (Å²) < 4.78 is 12.1. The fourth-order valence-electron chi connectivity index (χ4n) is 2.68. The standard InChI is InChI=1S/C14H17N3O3/c1-19-11-7-3-6-10-12(14(18)20-2)16-13(17(10)11)9-5-4-8-15-9/h3,6-7,9,15H,4-5,8H2,1-2H3. The van der Waals surface area contributed by atoms with E-state index in [0.717, 1.165) is 25.2 Å². The lowest BCUT2D eigenvalue weighted by atomic mass is 10.2. The first-order chi connectivity index (χ1) is 9.76. The summed E-state index contributed by atoms with van der Waals surface area (Å²) >= 11 is 0. The Morgan fingerprint density at radius 1 is 1.45 bits per heavy atom. The Hall–Kier alpha value is -2.08. The molecule has 1 unspecified atom stereocenters. The lowest BCUT2D eigenvalue weighted by Gasteiger charge is -2.11. The molecule has 0 bridgehead atoms. The van der Waals surface area contributed by atoms with Crippen molar-refractivity contribution in [2.45, 2.75) is 18.9 Å². The number of hydrogen-bond acceptors (Lipinski definition) is 5. The summed E-state index contributed by atoms with van der Waals surface area (Å²) in [6, 6.07) is 5.68. The minimum atomic E-state index is -0.431. The third kappa shape index (κ3) is 1.92. The van der Waals surface area contributed by atoms with E-state index in [1.165, 1.54) is 7.11 Å². The minimum Gasteiger partial charge on any atom is -0.482 e. The Balaban J connectivity index is 2.24. The van der Waals surface area contributed by atoms with E-state index < -0.39 is 5.97 Å². The predicted molar refractivity (Wildman–Crippen MR) is 73.1 cm³/mol. The Morgan fingerprint density at radius 2 is 2.30 bits per heavy atom. The number of rotatable bonds is 3. The Labute approximate surface area is 116 Å². The normalized spacial score (nSPS) is 18.4. The number of ether oxygens (including phenoxy) is 2. The van der Waals surface area contributed by atoms with Crippen LogP contribution in [0.4, 0.5) is 0 Å². The third-order valence-corrected chi connectivity index (χ3v) is 3.61. The van der Waals surface area contributed by atoms with Gasteiger partial charge < -0.3 is 14.8 Å². The molecule has 0 spiro atoms. The fraction of sp³-hybridized carbons (Fsp3) is 0.429. The molecule has 2 aromatic heterocycles. The zero-order valence-corrected chi connectivity index (χ0v) is 11.5. The largest absolute Gasteiger partial charge is 0.482 e. The molecule has 0 aliphatic carbocycles. The zero-order chi connectivity index (χ0) is 14.1. The average Bonchev–Trinajstić information content (AvgIpc) is 3.12. The van der Waals surface area contributed by atoms with Crippen molar-refractivity contribution in [3.05, 3.63) is 29.7 Å². The molecule has 0 amide bonds. The summed E-state index contributed by atoms with van der Waals surface area (Å²) in [5.74, 6) is 1.03. The lowest BCUT2D eigenvalue weighted by Crippen LogP contribution is -2.16. The summed E-state index contributed by atoms with van der Waals surface area (Å²) in [5.41, 5.74) is 1.04. The topological polar surface area (TPSA) is 64.9 Å². The lowest BCUT2D eigenvalue weighted by molar-refractivity contribution is 0.0596. The van der Waals surface area contributed by atoms with E-state index in [0.29, 0.717) is 17.1 Å². The molecule has 6 heteroatoms. The third-order valence-electron chi connectivity index (χ3n) is 3.61. The molecule has 3 heterocycles. The molecule has 1 aliphatic heterocycles. The number of esters is 1. The van der Waals surface area contributed by atoms with E-state index in [-0.39, 0.29) is 6.04 Å². The molecule has 1 aliphatic rings. The van der Waals surface area contributed by atoms with Crippen LogP contribution in [0, 0.1) is 0 Å². The van der Waals surface area contributed by atoms with E-state index in [9.17, 15) is 4.79 Å². The van der Waals surface area contributed by atoms with Gasteiger partial charge in [0.05, 0.1) is 25.8 Å². The van der Waals surface area contributed by atoms with Crippen molar-refractivity contribution in [1.29, 1.82) is 0 Å². The van der Waals surface area contributed by atoms with Gasteiger partial charge >= 0.3 is 5.97 Å². The van der Waals surface area contributed by atoms with Gasteiger partial charge in [-0.2, -0.15) is 0 Å². The zero-order valence-electron chi connectivity index (χ0n) is 11.5. The van der Waals surface area contributed by atoms with Crippen LogP contribution < -0.4 is 10.1 Å². The first kappa shape index (κ1) is 12.9. The van der Waals surface area contributed by atoms with Crippen LogP contribution >= 0.6 is 0 Å². The van der Waals surface area contributed by atoms with Gasteiger partial charge in [-0.3, -0.25) is 4.40 Å². The summed E-state index contributed by atoms with van der Waals surface area (Å²) in [6.07, 6.45) is 2.10. The maximum Gasteiger partial charge on any atom is 0.358 e. The number of fused-ring (bicyclic) bond motifs is 1. The van der Waals surface area contributed by atoms with Crippen LogP contribution in [0.15, 0.2) is 18.2 Å². The minimum absolute atomic E-state index is 0.136. The number of carbonyl (C=O) groups excluding carboxylic acids is 1. The van der Waals surface area contributed by atoms with Crippen molar-refractivity contribution in [1.82, 2.24) is 14.7 Å². The summed E-state index contributed by atoms with van der Waals surface area (Å²) in [5, 5.41) is 3.40. The van der Waals surface area contributed by atoms with Crippen LogP contribution in [0.3, 0.4) is 0 Å². The number of imidazole rings is 1. The van der Waals surface area contributed by atoms with Crippen molar-refractivity contribution in [2.75, 3.05) is 20.8 Å². The molecule has 0 saturated carbocycles. The molecule has 6 nitrogen and oxygen atoms in total. The summed E-state index contributed by atoms with van der Waals surface area (Å²) in [6.45, 7) is 0.961. The maximum absolute atomic E-state index is 11.9. The highest BCUT2D eigenvalue weighted by atomic mass is 16.5. The van der Waals surface area contributed by atoms with Gasteiger partial charge in [-0.05, 0) is 31.5 Å². The van der Waals surface area contributed by atoms with E-state index in [4.69, 9.17) is 9.47 Å². The van der Waals surface area contributed by atoms with Gasteiger partial charge in [0, 0.05) is 0 Å². The molecular formula is C14H17N3O3. The van der Waals surface area contributed by atoms with Gasteiger partial charge in [0.1, 0.15) is 5.82 Å². The second kappa shape index (κ2) is 5.13. The van der Waals surface area contributed by atoms with Crippen LogP contribution in [0.25, 0.3) is 5.52 Å². The number of pyridine rings is 1. The number of carbonyl (C=O) groups is 1. The molecule has 20 heavy (non-hydrogen) atoms. The van der Waals surface area contributed by atoms with E-state index in [1.54, 1.807) is 7.11 Å². The van der Waals surface area contributed by atoms with Gasteiger partial charge in [0.15, 0.2) is 11.6 Å². The van der Waals surface area contributed by atoms with Crippen molar-refractivity contribution in [3.63, 3.8) is 0 Å². The van der Waals surface area contributed by atoms with Crippen LogP contribution in [-0.4, -0.2) is 36.1 Å². The fourth-order valence-corrected chi connectivity index (χ4v) is 2.68. The number of hydrogen-bond donors (Lipinski definition) is 1. The smallest absolute Gasteiger partial charge is 0.358 e. The van der Waals surface area contributed by atoms with Crippen LogP contribution in [-0.2, 0) is 4.74 Å². The van der Waals surface area contributed by atoms with E-state index in [1.807, 2.05) is 22.6 Å². The van der Waals surface area contributed by atoms with Crippen molar-refractivity contribution < 1.29 is 14.3 Å². The highest BCUT2D eigenvalue weighted by Crippen LogP contribution is 2.28.